The maximum absolute atomic E-state index is 13.5. The second-order valence-corrected chi connectivity index (χ2v) is 10.0. The van der Waals surface area contributed by atoms with Crippen LogP contribution in [0.5, 0.6) is 5.75 Å². The molecule has 1 aromatic heterocycles. The van der Waals surface area contributed by atoms with Gasteiger partial charge in [0.2, 0.25) is 0 Å². The van der Waals surface area contributed by atoms with E-state index in [1.54, 1.807) is 24.4 Å². The lowest BCUT2D eigenvalue weighted by Crippen LogP contribution is -2.23. The van der Waals surface area contributed by atoms with E-state index in [9.17, 15) is 14.9 Å². The Labute approximate surface area is 228 Å². The lowest BCUT2D eigenvalue weighted by molar-refractivity contribution is -0.384. The van der Waals surface area contributed by atoms with Crippen LogP contribution in [0.4, 0.5) is 11.4 Å². The summed E-state index contributed by atoms with van der Waals surface area (Å²) in [5.41, 5.74) is 2.79. The van der Waals surface area contributed by atoms with Crippen LogP contribution in [0.2, 0.25) is 0 Å². The fourth-order valence-corrected chi connectivity index (χ4v) is 4.17. The number of hydrogen-bond donors (Lipinski definition) is 0. The summed E-state index contributed by atoms with van der Waals surface area (Å²) in [5.74, 6) is 1.16. The molecule has 0 N–H and O–H groups in total. The van der Waals surface area contributed by atoms with Gasteiger partial charge in [-0.3, -0.25) is 14.9 Å². The highest BCUT2D eigenvalue weighted by atomic mass is 79.9. The van der Waals surface area contributed by atoms with Gasteiger partial charge >= 0.3 is 0 Å². The van der Waals surface area contributed by atoms with Gasteiger partial charge in [0, 0.05) is 53.9 Å². The molecule has 10 heteroatoms. The summed E-state index contributed by atoms with van der Waals surface area (Å²) in [7, 11) is 3.86. The summed E-state index contributed by atoms with van der Waals surface area (Å²) in [5, 5.41) is 16.0. The van der Waals surface area contributed by atoms with Crippen molar-refractivity contribution in [1.82, 2.24) is 9.66 Å². The van der Waals surface area contributed by atoms with Gasteiger partial charge < -0.3 is 9.64 Å². The monoisotopic (exact) mass is 577 g/mol. The molecule has 196 valence electrons. The summed E-state index contributed by atoms with van der Waals surface area (Å²) in [6.07, 6.45) is 2.40. The average molecular weight is 578 g/mol. The predicted octanol–water partition coefficient (Wildman–Crippen LogP) is 6.11. The number of nitro groups is 1. The smallest absolute Gasteiger partial charge is 0.282 e. The van der Waals surface area contributed by atoms with E-state index in [-0.39, 0.29) is 23.8 Å². The molecule has 4 aromatic rings. The maximum atomic E-state index is 13.5. The minimum absolute atomic E-state index is 0.0156. The number of hydrogen-bond acceptors (Lipinski definition) is 7. The van der Waals surface area contributed by atoms with Crippen molar-refractivity contribution in [2.45, 2.75) is 32.8 Å². The van der Waals surface area contributed by atoms with Gasteiger partial charge in [-0.25, -0.2) is 4.98 Å². The number of rotatable bonds is 9. The standard InChI is InChI=1S/C28H28BrN5O4/c1-5-18(2)27-31-25-13-9-21(29)14-24(25)28(35)33(27)30-16-20-8-12-23(32(3)4)15-26(20)38-17-19-6-10-22(11-7-19)34(36)37/h6-16,18H,5,17H2,1-4H3/t18-/m0/s1. The molecule has 0 bridgehead atoms. The van der Waals surface area contributed by atoms with E-state index in [1.165, 1.54) is 16.8 Å². The number of nitro benzene ring substituents is 1. The molecule has 3 aromatic carbocycles. The number of anilines is 1. The van der Waals surface area contributed by atoms with E-state index < -0.39 is 4.92 Å². The zero-order chi connectivity index (χ0) is 27.4. The van der Waals surface area contributed by atoms with Crippen LogP contribution < -0.4 is 15.2 Å². The number of fused-ring (bicyclic) bond motifs is 1. The van der Waals surface area contributed by atoms with Gasteiger partial charge in [-0.1, -0.05) is 29.8 Å². The zero-order valence-corrected chi connectivity index (χ0v) is 23.2. The molecule has 1 atom stereocenters. The Hall–Kier alpha value is -4.05. The first-order chi connectivity index (χ1) is 18.2. The van der Waals surface area contributed by atoms with Crippen molar-refractivity contribution in [2.75, 3.05) is 19.0 Å². The molecule has 0 unspecified atom stereocenters. The first-order valence-corrected chi connectivity index (χ1v) is 12.9. The number of nitrogens with zero attached hydrogens (tertiary/aromatic N) is 5. The molecule has 38 heavy (non-hydrogen) atoms. The van der Waals surface area contributed by atoms with Crippen LogP contribution in [0.25, 0.3) is 10.9 Å². The molecule has 0 aliphatic carbocycles. The molecule has 1 heterocycles. The lowest BCUT2D eigenvalue weighted by atomic mass is 10.1. The highest BCUT2D eigenvalue weighted by Gasteiger charge is 2.16. The van der Waals surface area contributed by atoms with Crippen LogP contribution in [0.1, 0.15) is 43.1 Å². The van der Waals surface area contributed by atoms with Crippen molar-refractivity contribution in [3.63, 3.8) is 0 Å². The van der Waals surface area contributed by atoms with Crippen LogP contribution in [0.15, 0.2) is 75.0 Å². The van der Waals surface area contributed by atoms with Gasteiger partial charge in [0.1, 0.15) is 18.2 Å². The van der Waals surface area contributed by atoms with Gasteiger partial charge in [0.15, 0.2) is 0 Å². The molecule has 9 nitrogen and oxygen atoms in total. The maximum Gasteiger partial charge on any atom is 0.282 e. The van der Waals surface area contributed by atoms with E-state index in [0.717, 1.165) is 22.1 Å². The van der Waals surface area contributed by atoms with Crippen molar-refractivity contribution >= 4 is 44.4 Å². The summed E-state index contributed by atoms with van der Waals surface area (Å²) < 4.78 is 8.27. The van der Waals surface area contributed by atoms with Crippen molar-refractivity contribution < 1.29 is 9.66 Å². The van der Waals surface area contributed by atoms with Crippen molar-refractivity contribution in [1.29, 1.82) is 0 Å². The highest BCUT2D eigenvalue weighted by molar-refractivity contribution is 9.10. The van der Waals surface area contributed by atoms with Gasteiger partial charge in [0.05, 0.1) is 22.0 Å². The third-order valence-corrected chi connectivity index (χ3v) is 6.75. The fourth-order valence-electron chi connectivity index (χ4n) is 3.81. The Balaban J connectivity index is 1.73. The third-order valence-electron chi connectivity index (χ3n) is 6.25. The predicted molar refractivity (Wildman–Crippen MR) is 154 cm³/mol. The molecule has 0 fully saturated rings. The molecule has 0 aliphatic heterocycles. The van der Waals surface area contributed by atoms with E-state index >= 15 is 0 Å². The number of ether oxygens (including phenoxy) is 1. The molecule has 0 saturated heterocycles. The van der Waals surface area contributed by atoms with Gasteiger partial charge in [-0.05, 0) is 54.4 Å². The van der Waals surface area contributed by atoms with Crippen molar-refractivity contribution in [3.8, 4) is 5.75 Å². The van der Waals surface area contributed by atoms with E-state index in [1.807, 2.05) is 63.2 Å². The normalized spacial score (nSPS) is 12.1. The summed E-state index contributed by atoms with van der Waals surface area (Å²) >= 11 is 3.44. The minimum atomic E-state index is -0.435. The van der Waals surface area contributed by atoms with E-state index in [0.29, 0.717) is 28.0 Å². The van der Waals surface area contributed by atoms with E-state index in [2.05, 4.69) is 21.0 Å². The van der Waals surface area contributed by atoms with E-state index in [4.69, 9.17) is 9.72 Å². The highest BCUT2D eigenvalue weighted by Crippen LogP contribution is 2.26. The Morgan fingerprint density at radius 2 is 1.89 bits per heavy atom. The Morgan fingerprint density at radius 1 is 1.16 bits per heavy atom. The number of halogens is 1. The molecule has 0 amide bonds. The summed E-state index contributed by atoms with van der Waals surface area (Å²) in [4.78, 5) is 30.7. The molecule has 0 saturated carbocycles. The van der Waals surface area contributed by atoms with Gasteiger partial charge in [-0.15, -0.1) is 0 Å². The fraction of sp³-hybridized carbons (Fsp3) is 0.250. The number of aromatic nitrogens is 2. The van der Waals surface area contributed by atoms with Crippen LogP contribution in [0.3, 0.4) is 0 Å². The first kappa shape index (κ1) is 27.0. The first-order valence-electron chi connectivity index (χ1n) is 12.1. The quantitative estimate of drug-likeness (QED) is 0.135. The van der Waals surface area contributed by atoms with Crippen molar-refractivity contribution in [3.05, 3.63) is 103 Å². The summed E-state index contributed by atoms with van der Waals surface area (Å²) in [6.45, 7) is 4.27. The minimum Gasteiger partial charge on any atom is -0.488 e. The number of non-ortho nitro benzene ring substituents is 1. The van der Waals surface area contributed by atoms with Crippen LogP contribution in [-0.2, 0) is 6.61 Å². The lowest BCUT2D eigenvalue weighted by Gasteiger charge is -2.17. The van der Waals surface area contributed by atoms with Crippen molar-refractivity contribution in [2.24, 2.45) is 5.10 Å². The zero-order valence-electron chi connectivity index (χ0n) is 21.6. The average Bonchev–Trinajstić information content (AvgIpc) is 2.91. The topological polar surface area (TPSA) is 103 Å². The molecular formula is C28H28BrN5O4. The van der Waals surface area contributed by atoms with Crippen LogP contribution in [-0.4, -0.2) is 34.9 Å². The Morgan fingerprint density at radius 3 is 2.55 bits per heavy atom. The second kappa shape index (κ2) is 11.6. The molecule has 0 radical (unpaired) electrons. The molecule has 4 rings (SSSR count). The third kappa shape index (κ3) is 5.91. The Bertz CT molecular complexity index is 1560. The summed E-state index contributed by atoms with van der Waals surface area (Å²) in [6, 6.07) is 17.4. The largest absolute Gasteiger partial charge is 0.488 e. The van der Waals surface area contributed by atoms with Crippen LogP contribution >= 0.6 is 15.9 Å². The van der Waals surface area contributed by atoms with Crippen LogP contribution in [0, 0.1) is 10.1 Å². The SMILES string of the molecule is CC[C@H](C)c1nc2ccc(Br)cc2c(=O)n1N=Cc1ccc(N(C)C)cc1OCc1ccc([N+](=O)[O-])cc1. The Kier molecular flexibility index (Phi) is 8.21. The van der Waals surface area contributed by atoms with Gasteiger partial charge in [0.25, 0.3) is 11.2 Å². The molecular weight excluding hydrogens is 550 g/mol. The van der Waals surface area contributed by atoms with Gasteiger partial charge in [-0.2, -0.15) is 9.78 Å². The second-order valence-electron chi connectivity index (χ2n) is 9.13. The number of benzene rings is 3. The molecule has 0 aliphatic rings. The molecule has 0 spiro atoms.